The lowest BCUT2D eigenvalue weighted by Crippen LogP contribution is -1.92. The lowest BCUT2D eigenvalue weighted by Gasteiger charge is -2.12. The first-order chi connectivity index (χ1) is 10.6. The quantitative estimate of drug-likeness (QED) is 0.605. The molecule has 114 valence electrons. The minimum Gasteiger partial charge on any atom is -0.420 e. The number of rotatable bonds is 5. The van der Waals surface area contributed by atoms with Gasteiger partial charge in [-0.15, -0.1) is 33.3 Å². The zero-order valence-corrected chi connectivity index (χ0v) is 14.4. The summed E-state index contributed by atoms with van der Waals surface area (Å²) in [6.07, 6.45) is 0. The highest BCUT2D eigenvalue weighted by molar-refractivity contribution is 7.99. The molecular weight excluding hydrogens is 312 g/mol. The number of nitrogens with zero attached hydrogens (tertiary/aromatic N) is 2. The fourth-order valence-electron chi connectivity index (χ4n) is 2.17. The molecule has 0 bridgehead atoms. The van der Waals surface area contributed by atoms with Crippen LogP contribution in [0, 0.1) is 6.92 Å². The first kappa shape index (κ1) is 15.3. The molecule has 2 aromatic heterocycles. The third-order valence-electron chi connectivity index (χ3n) is 3.44. The van der Waals surface area contributed by atoms with Crippen molar-refractivity contribution in [2.24, 2.45) is 0 Å². The molecule has 2 heterocycles. The molecule has 0 amide bonds. The molecule has 0 aliphatic rings. The second-order valence-corrected chi connectivity index (χ2v) is 7.91. The molecule has 5 heteroatoms. The molecule has 1 aromatic carbocycles. The van der Waals surface area contributed by atoms with E-state index >= 15 is 0 Å². The smallest absolute Gasteiger partial charge is 0.247 e. The van der Waals surface area contributed by atoms with E-state index in [1.54, 1.807) is 11.3 Å². The van der Waals surface area contributed by atoms with Crippen molar-refractivity contribution >= 4 is 23.1 Å². The fraction of sp³-hybridized carbons (Fsp3) is 0.294. The number of aryl methyl sites for hydroxylation is 1. The maximum atomic E-state index is 5.85. The highest BCUT2D eigenvalue weighted by Crippen LogP contribution is 2.41. The lowest BCUT2D eigenvalue weighted by molar-refractivity contribution is 0.509. The van der Waals surface area contributed by atoms with Crippen LogP contribution in [0.3, 0.4) is 0 Å². The van der Waals surface area contributed by atoms with Crippen LogP contribution in [0.15, 0.2) is 46.2 Å². The monoisotopic (exact) mass is 330 g/mol. The average molecular weight is 330 g/mol. The van der Waals surface area contributed by atoms with Gasteiger partial charge in [-0.1, -0.05) is 23.8 Å². The zero-order valence-electron chi connectivity index (χ0n) is 12.8. The standard InChI is InChI=1S/C17H18N2OS2/c1-11-6-8-14(9-7-11)17-19-18-16(20-17)13(3)22-12(2)15-5-4-10-21-15/h4-10,12-13H,1-3H3/t12-,13+/m1/s1. The van der Waals surface area contributed by atoms with Gasteiger partial charge in [-0.3, -0.25) is 0 Å². The van der Waals surface area contributed by atoms with E-state index in [4.69, 9.17) is 4.42 Å². The predicted octanol–water partition coefficient (Wildman–Crippen LogP) is 5.66. The molecule has 0 saturated carbocycles. The molecule has 3 rings (SSSR count). The van der Waals surface area contributed by atoms with Crippen LogP contribution in [0.5, 0.6) is 0 Å². The van der Waals surface area contributed by atoms with Gasteiger partial charge in [0.1, 0.15) is 0 Å². The van der Waals surface area contributed by atoms with Crippen LogP contribution in [0.4, 0.5) is 0 Å². The van der Waals surface area contributed by atoms with Crippen molar-refractivity contribution in [3.8, 4) is 11.5 Å². The van der Waals surface area contributed by atoms with Gasteiger partial charge >= 0.3 is 0 Å². The van der Waals surface area contributed by atoms with Gasteiger partial charge in [0.25, 0.3) is 0 Å². The summed E-state index contributed by atoms with van der Waals surface area (Å²) in [6.45, 7) is 6.39. The molecule has 3 nitrogen and oxygen atoms in total. The van der Waals surface area contributed by atoms with E-state index in [-0.39, 0.29) is 5.25 Å². The number of hydrogen-bond donors (Lipinski definition) is 0. The van der Waals surface area contributed by atoms with Crippen molar-refractivity contribution in [3.63, 3.8) is 0 Å². The van der Waals surface area contributed by atoms with Crippen molar-refractivity contribution < 1.29 is 4.42 Å². The van der Waals surface area contributed by atoms with Crippen LogP contribution >= 0.6 is 23.1 Å². The Morgan fingerprint density at radius 1 is 1.05 bits per heavy atom. The molecule has 0 radical (unpaired) electrons. The van der Waals surface area contributed by atoms with Crippen LogP contribution in [-0.2, 0) is 0 Å². The number of hydrogen-bond acceptors (Lipinski definition) is 5. The first-order valence-corrected chi connectivity index (χ1v) is 9.05. The molecule has 0 fully saturated rings. The Bertz CT molecular complexity index is 719. The van der Waals surface area contributed by atoms with Gasteiger partial charge in [0.15, 0.2) is 0 Å². The minimum atomic E-state index is 0.170. The normalized spacial score (nSPS) is 14.0. The Kier molecular flexibility index (Phi) is 4.64. The summed E-state index contributed by atoms with van der Waals surface area (Å²) in [5, 5.41) is 11.1. The zero-order chi connectivity index (χ0) is 15.5. The second kappa shape index (κ2) is 6.67. The minimum absolute atomic E-state index is 0.170. The summed E-state index contributed by atoms with van der Waals surface area (Å²) in [4.78, 5) is 1.37. The van der Waals surface area contributed by atoms with Gasteiger partial charge in [0.05, 0.1) is 5.25 Å². The topological polar surface area (TPSA) is 38.9 Å². The molecule has 0 aliphatic carbocycles. The van der Waals surface area contributed by atoms with Crippen molar-refractivity contribution in [1.29, 1.82) is 0 Å². The van der Waals surface area contributed by atoms with Crippen LogP contribution in [0.1, 0.15) is 40.7 Å². The molecule has 0 N–H and O–H groups in total. The largest absolute Gasteiger partial charge is 0.420 e. The van der Waals surface area contributed by atoms with Gasteiger partial charge in [-0.25, -0.2) is 0 Å². The van der Waals surface area contributed by atoms with Gasteiger partial charge in [-0.05, 0) is 44.4 Å². The highest BCUT2D eigenvalue weighted by atomic mass is 32.2. The Morgan fingerprint density at radius 2 is 1.82 bits per heavy atom. The molecule has 0 unspecified atom stereocenters. The Hall–Kier alpha value is -1.59. The van der Waals surface area contributed by atoms with E-state index in [1.165, 1.54) is 10.4 Å². The molecule has 0 aliphatic heterocycles. The maximum Gasteiger partial charge on any atom is 0.247 e. The van der Waals surface area contributed by atoms with Crippen molar-refractivity contribution in [1.82, 2.24) is 10.2 Å². The second-order valence-electron chi connectivity index (χ2n) is 5.25. The first-order valence-electron chi connectivity index (χ1n) is 7.23. The summed E-state index contributed by atoms with van der Waals surface area (Å²) in [5.41, 5.74) is 2.19. The third kappa shape index (κ3) is 3.42. The van der Waals surface area contributed by atoms with Crippen LogP contribution in [0.25, 0.3) is 11.5 Å². The van der Waals surface area contributed by atoms with Crippen molar-refractivity contribution in [2.45, 2.75) is 31.3 Å². The van der Waals surface area contributed by atoms with E-state index in [2.05, 4.69) is 60.6 Å². The lowest BCUT2D eigenvalue weighted by atomic mass is 10.1. The summed E-state index contributed by atoms with van der Waals surface area (Å²) < 4.78 is 5.85. The van der Waals surface area contributed by atoms with E-state index in [0.29, 0.717) is 17.0 Å². The number of benzene rings is 1. The van der Waals surface area contributed by atoms with E-state index in [0.717, 1.165) is 5.56 Å². The third-order valence-corrected chi connectivity index (χ3v) is 5.92. The van der Waals surface area contributed by atoms with Gasteiger partial charge in [0, 0.05) is 15.7 Å². The molecule has 0 saturated heterocycles. The van der Waals surface area contributed by atoms with E-state index in [1.807, 2.05) is 23.9 Å². The SMILES string of the molecule is Cc1ccc(-c2nnc([C@H](C)S[C@H](C)c3cccs3)o2)cc1. The molecule has 22 heavy (non-hydrogen) atoms. The summed E-state index contributed by atoms with van der Waals surface area (Å²) in [5.74, 6) is 1.27. The maximum absolute atomic E-state index is 5.85. The van der Waals surface area contributed by atoms with Crippen molar-refractivity contribution in [3.05, 3.63) is 58.1 Å². The van der Waals surface area contributed by atoms with Crippen LogP contribution < -0.4 is 0 Å². The molecule has 0 spiro atoms. The number of thiophene rings is 1. The van der Waals surface area contributed by atoms with E-state index < -0.39 is 0 Å². The molecule has 2 atom stereocenters. The molecular formula is C17H18N2OS2. The Labute approximate surface area is 138 Å². The number of aromatic nitrogens is 2. The fourth-order valence-corrected chi connectivity index (χ4v) is 4.20. The predicted molar refractivity (Wildman–Crippen MR) is 93.2 cm³/mol. The van der Waals surface area contributed by atoms with Crippen LogP contribution in [0.2, 0.25) is 0 Å². The van der Waals surface area contributed by atoms with Crippen molar-refractivity contribution in [2.75, 3.05) is 0 Å². The Morgan fingerprint density at radius 3 is 2.50 bits per heavy atom. The van der Waals surface area contributed by atoms with Gasteiger partial charge < -0.3 is 4.42 Å². The molecule has 3 aromatic rings. The summed E-state index contributed by atoms with van der Waals surface area (Å²) >= 11 is 3.62. The average Bonchev–Trinajstić information content (AvgIpc) is 3.20. The highest BCUT2D eigenvalue weighted by Gasteiger charge is 2.19. The number of thioether (sulfide) groups is 1. The van der Waals surface area contributed by atoms with Gasteiger partial charge in [0.2, 0.25) is 11.8 Å². The van der Waals surface area contributed by atoms with Crippen LogP contribution in [-0.4, -0.2) is 10.2 Å². The summed E-state index contributed by atoms with van der Waals surface area (Å²) in [6, 6.07) is 12.4. The summed E-state index contributed by atoms with van der Waals surface area (Å²) in [7, 11) is 0. The van der Waals surface area contributed by atoms with E-state index in [9.17, 15) is 0 Å². The Balaban J connectivity index is 1.71. The van der Waals surface area contributed by atoms with Gasteiger partial charge in [-0.2, -0.15) is 0 Å².